The van der Waals surface area contributed by atoms with Crippen molar-refractivity contribution in [3.63, 3.8) is 0 Å². The summed E-state index contributed by atoms with van der Waals surface area (Å²) in [5, 5.41) is 8.46. The number of carbonyl (C=O) groups is 1. The Hall–Kier alpha value is -1.60. The monoisotopic (exact) mass is 287 g/mol. The van der Waals surface area contributed by atoms with E-state index in [1.807, 2.05) is 0 Å². The number of benzene rings is 1. The number of unbranched alkanes of at least 4 members (excludes halogenated alkanes) is 1. The van der Waals surface area contributed by atoms with Gasteiger partial charge in [-0.15, -0.1) is 0 Å². The van der Waals surface area contributed by atoms with Crippen LogP contribution < -0.4 is 9.46 Å². The first-order chi connectivity index (χ1) is 8.95. The van der Waals surface area contributed by atoms with Crippen molar-refractivity contribution >= 4 is 16.0 Å². The lowest BCUT2D eigenvalue weighted by molar-refractivity contribution is -0.137. The summed E-state index contributed by atoms with van der Waals surface area (Å²) in [6.07, 6.45) is 0.965. The molecule has 0 saturated heterocycles. The molecule has 0 amide bonds. The Bertz CT molecular complexity index is 527. The molecule has 1 aromatic rings. The summed E-state index contributed by atoms with van der Waals surface area (Å²) in [6.45, 7) is 0.215. The smallest absolute Gasteiger partial charge is 0.303 e. The normalized spacial score (nSPS) is 11.2. The maximum absolute atomic E-state index is 11.9. The highest BCUT2D eigenvalue weighted by Gasteiger charge is 2.13. The van der Waals surface area contributed by atoms with Gasteiger partial charge in [-0.05, 0) is 25.0 Å². The number of ether oxygens (including phenoxy) is 1. The average molecular weight is 287 g/mol. The Morgan fingerprint density at radius 1 is 1.37 bits per heavy atom. The van der Waals surface area contributed by atoms with Crippen LogP contribution in [0.3, 0.4) is 0 Å². The summed E-state index contributed by atoms with van der Waals surface area (Å²) in [5.41, 5.74) is 0. The first-order valence-electron chi connectivity index (χ1n) is 5.81. The second kappa shape index (κ2) is 7.10. The Morgan fingerprint density at radius 2 is 2.11 bits per heavy atom. The van der Waals surface area contributed by atoms with Crippen LogP contribution in [-0.4, -0.2) is 33.1 Å². The van der Waals surface area contributed by atoms with Crippen molar-refractivity contribution in [1.29, 1.82) is 0 Å². The highest BCUT2D eigenvalue weighted by atomic mass is 32.2. The van der Waals surface area contributed by atoms with Gasteiger partial charge in [0.25, 0.3) is 0 Å². The van der Waals surface area contributed by atoms with Gasteiger partial charge in [-0.2, -0.15) is 0 Å². The first-order valence-corrected chi connectivity index (χ1v) is 7.29. The van der Waals surface area contributed by atoms with Gasteiger partial charge in [0.1, 0.15) is 5.75 Å². The van der Waals surface area contributed by atoms with Crippen molar-refractivity contribution in [1.82, 2.24) is 4.72 Å². The lowest BCUT2D eigenvalue weighted by atomic mass is 10.2. The summed E-state index contributed by atoms with van der Waals surface area (Å²) < 4.78 is 31.2. The molecule has 106 valence electrons. The summed E-state index contributed by atoms with van der Waals surface area (Å²) in [4.78, 5) is 10.4. The van der Waals surface area contributed by atoms with Gasteiger partial charge in [0.2, 0.25) is 10.0 Å². The molecule has 0 saturated carbocycles. The molecule has 1 aromatic carbocycles. The van der Waals surface area contributed by atoms with Crippen LogP contribution in [0.4, 0.5) is 0 Å². The number of rotatable bonds is 8. The number of carboxylic acid groups (broad SMARTS) is 1. The minimum absolute atomic E-state index is 0.0425. The Morgan fingerprint density at radius 3 is 2.74 bits per heavy atom. The van der Waals surface area contributed by atoms with Gasteiger partial charge < -0.3 is 9.84 Å². The molecule has 1 rings (SSSR count). The molecule has 0 aromatic heterocycles. The van der Waals surface area contributed by atoms with Crippen molar-refractivity contribution < 1.29 is 23.1 Å². The quantitative estimate of drug-likeness (QED) is 0.701. The summed E-state index contributed by atoms with van der Waals surface area (Å²) in [6, 6.07) is 6.16. The number of sulfonamides is 1. The summed E-state index contributed by atoms with van der Waals surface area (Å²) >= 11 is 0. The zero-order valence-electron chi connectivity index (χ0n) is 10.6. The Kier molecular flexibility index (Phi) is 5.78. The van der Waals surface area contributed by atoms with Gasteiger partial charge in [0.15, 0.2) is 0 Å². The molecule has 6 nitrogen and oxygen atoms in total. The third-order valence-electron chi connectivity index (χ3n) is 2.46. The molecule has 2 N–H and O–H groups in total. The Balaban J connectivity index is 2.53. The molecule has 0 aliphatic rings. The molecule has 0 heterocycles. The molecule has 7 heteroatoms. The van der Waals surface area contributed by atoms with Crippen molar-refractivity contribution in [2.45, 2.75) is 24.2 Å². The molecule has 19 heavy (non-hydrogen) atoms. The molecule has 0 radical (unpaired) electrons. The fourth-order valence-corrected chi connectivity index (χ4v) is 2.57. The van der Waals surface area contributed by atoms with E-state index in [1.54, 1.807) is 12.1 Å². The minimum atomic E-state index is -3.57. The maximum Gasteiger partial charge on any atom is 0.303 e. The minimum Gasteiger partial charge on any atom is -0.497 e. The summed E-state index contributed by atoms with van der Waals surface area (Å²) in [5.74, 6) is -0.413. The van der Waals surface area contributed by atoms with Crippen LogP contribution in [0.15, 0.2) is 29.2 Å². The SMILES string of the molecule is COc1cccc(S(=O)(=O)NCCCCC(=O)O)c1. The van der Waals surface area contributed by atoms with Crippen LogP contribution in [-0.2, 0) is 14.8 Å². The number of hydrogen-bond donors (Lipinski definition) is 2. The van der Waals surface area contributed by atoms with E-state index in [9.17, 15) is 13.2 Å². The number of carboxylic acids is 1. The molecule has 0 aliphatic heterocycles. The van der Waals surface area contributed by atoms with Crippen molar-refractivity contribution in [3.05, 3.63) is 24.3 Å². The lowest BCUT2D eigenvalue weighted by Gasteiger charge is -2.07. The van der Waals surface area contributed by atoms with E-state index in [0.29, 0.717) is 18.6 Å². The summed E-state index contributed by atoms with van der Waals surface area (Å²) in [7, 11) is -2.11. The van der Waals surface area contributed by atoms with E-state index in [1.165, 1.54) is 19.2 Å². The molecular formula is C12H17NO5S. The molecule has 0 unspecified atom stereocenters. The number of hydrogen-bond acceptors (Lipinski definition) is 4. The zero-order chi connectivity index (χ0) is 14.3. The predicted octanol–water partition coefficient (Wildman–Crippen LogP) is 1.23. The van der Waals surface area contributed by atoms with Crippen LogP contribution in [0.1, 0.15) is 19.3 Å². The van der Waals surface area contributed by atoms with Crippen molar-refractivity contribution in [3.8, 4) is 5.75 Å². The van der Waals surface area contributed by atoms with Gasteiger partial charge in [0.05, 0.1) is 12.0 Å². The van der Waals surface area contributed by atoms with Crippen LogP contribution in [0.2, 0.25) is 0 Å². The third kappa shape index (κ3) is 5.27. The first kappa shape index (κ1) is 15.5. The van der Waals surface area contributed by atoms with E-state index < -0.39 is 16.0 Å². The zero-order valence-corrected chi connectivity index (χ0v) is 11.4. The molecule has 0 aliphatic carbocycles. The fourth-order valence-electron chi connectivity index (χ4n) is 1.46. The lowest BCUT2D eigenvalue weighted by Crippen LogP contribution is -2.24. The van der Waals surface area contributed by atoms with E-state index >= 15 is 0 Å². The molecule has 0 atom stereocenters. The number of aliphatic carboxylic acids is 1. The fraction of sp³-hybridized carbons (Fsp3) is 0.417. The van der Waals surface area contributed by atoms with Crippen LogP contribution in [0.25, 0.3) is 0 Å². The second-order valence-corrected chi connectivity index (χ2v) is 5.69. The van der Waals surface area contributed by atoms with Gasteiger partial charge in [-0.1, -0.05) is 6.07 Å². The second-order valence-electron chi connectivity index (χ2n) is 3.93. The van der Waals surface area contributed by atoms with Gasteiger partial charge in [-0.25, -0.2) is 13.1 Å². The standard InChI is InChI=1S/C12H17NO5S/c1-18-10-5-4-6-11(9-10)19(16,17)13-8-3-2-7-12(14)15/h4-6,9,13H,2-3,7-8H2,1H3,(H,14,15). The molecule has 0 fully saturated rings. The van der Waals surface area contributed by atoms with E-state index in [0.717, 1.165) is 0 Å². The van der Waals surface area contributed by atoms with E-state index in [4.69, 9.17) is 9.84 Å². The van der Waals surface area contributed by atoms with Crippen LogP contribution in [0.5, 0.6) is 5.75 Å². The van der Waals surface area contributed by atoms with Crippen LogP contribution >= 0.6 is 0 Å². The average Bonchev–Trinajstić information content (AvgIpc) is 2.38. The largest absolute Gasteiger partial charge is 0.497 e. The highest BCUT2D eigenvalue weighted by Crippen LogP contribution is 2.16. The molecule has 0 spiro atoms. The number of methoxy groups -OCH3 is 1. The van der Waals surface area contributed by atoms with Gasteiger partial charge >= 0.3 is 5.97 Å². The van der Waals surface area contributed by atoms with E-state index in [2.05, 4.69) is 4.72 Å². The molecular weight excluding hydrogens is 270 g/mol. The van der Waals surface area contributed by atoms with Crippen molar-refractivity contribution in [2.75, 3.05) is 13.7 Å². The third-order valence-corrected chi connectivity index (χ3v) is 3.92. The predicted molar refractivity (Wildman–Crippen MR) is 69.7 cm³/mol. The van der Waals surface area contributed by atoms with E-state index in [-0.39, 0.29) is 17.9 Å². The van der Waals surface area contributed by atoms with Gasteiger partial charge in [-0.3, -0.25) is 4.79 Å². The number of nitrogens with one attached hydrogen (secondary N) is 1. The topological polar surface area (TPSA) is 92.7 Å². The Labute approximate surface area is 112 Å². The highest BCUT2D eigenvalue weighted by molar-refractivity contribution is 7.89. The van der Waals surface area contributed by atoms with Crippen molar-refractivity contribution in [2.24, 2.45) is 0 Å². The van der Waals surface area contributed by atoms with Gasteiger partial charge in [0, 0.05) is 19.0 Å². The maximum atomic E-state index is 11.9. The van der Waals surface area contributed by atoms with Crippen LogP contribution in [0, 0.1) is 0 Å². The molecule has 0 bridgehead atoms.